The van der Waals surface area contributed by atoms with E-state index in [-0.39, 0.29) is 11.8 Å². The molecule has 7 nitrogen and oxygen atoms in total. The van der Waals surface area contributed by atoms with Crippen molar-refractivity contribution in [1.82, 2.24) is 20.1 Å². The van der Waals surface area contributed by atoms with Gasteiger partial charge in [-0.15, -0.1) is 10.2 Å². The molecule has 0 bridgehead atoms. The first-order chi connectivity index (χ1) is 11.8. The third-order valence-corrected chi connectivity index (χ3v) is 4.21. The van der Waals surface area contributed by atoms with E-state index in [1.807, 2.05) is 4.90 Å². The van der Waals surface area contributed by atoms with Crippen molar-refractivity contribution in [3.63, 3.8) is 0 Å². The SMILES string of the molecule is O=C(c1cccnc1)N1CCC(c2nnc(-c3ccco3)o2)CC1. The van der Waals surface area contributed by atoms with Crippen LogP contribution in [0.15, 0.2) is 51.8 Å². The van der Waals surface area contributed by atoms with Crippen molar-refractivity contribution >= 4 is 5.91 Å². The van der Waals surface area contributed by atoms with Gasteiger partial charge in [-0.25, -0.2) is 0 Å². The minimum atomic E-state index is 0.0170. The molecule has 0 unspecified atom stereocenters. The van der Waals surface area contributed by atoms with Gasteiger partial charge in [-0.2, -0.15) is 0 Å². The van der Waals surface area contributed by atoms with Crippen molar-refractivity contribution in [2.75, 3.05) is 13.1 Å². The van der Waals surface area contributed by atoms with Gasteiger partial charge in [-0.1, -0.05) is 0 Å². The van der Waals surface area contributed by atoms with E-state index >= 15 is 0 Å². The molecule has 3 aromatic heterocycles. The van der Waals surface area contributed by atoms with E-state index in [1.54, 1.807) is 42.9 Å². The third-order valence-electron chi connectivity index (χ3n) is 4.21. The Balaban J connectivity index is 1.40. The number of hydrogen-bond donors (Lipinski definition) is 0. The Bertz CT molecular complexity index is 806. The highest BCUT2D eigenvalue weighted by Crippen LogP contribution is 2.29. The maximum atomic E-state index is 12.4. The van der Waals surface area contributed by atoms with Crippen LogP contribution in [0.4, 0.5) is 0 Å². The number of hydrogen-bond acceptors (Lipinski definition) is 6. The Morgan fingerprint density at radius 1 is 1.17 bits per heavy atom. The topological polar surface area (TPSA) is 85.3 Å². The minimum Gasteiger partial charge on any atom is -0.459 e. The van der Waals surface area contributed by atoms with Gasteiger partial charge in [0.2, 0.25) is 5.89 Å². The molecule has 0 saturated carbocycles. The molecule has 0 atom stereocenters. The molecule has 7 heteroatoms. The van der Waals surface area contributed by atoms with Gasteiger partial charge in [-0.05, 0) is 37.1 Å². The average molecular weight is 324 g/mol. The maximum Gasteiger partial charge on any atom is 0.283 e. The molecule has 0 aliphatic carbocycles. The molecule has 3 aromatic rings. The lowest BCUT2D eigenvalue weighted by atomic mass is 9.96. The van der Waals surface area contributed by atoms with Crippen LogP contribution in [0.3, 0.4) is 0 Å². The van der Waals surface area contributed by atoms with Crippen LogP contribution in [-0.2, 0) is 0 Å². The highest BCUT2D eigenvalue weighted by atomic mass is 16.4. The van der Waals surface area contributed by atoms with Crippen LogP contribution in [0.25, 0.3) is 11.7 Å². The Morgan fingerprint density at radius 2 is 2.04 bits per heavy atom. The van der Waals surface area contributed by atoms with E-state index in [0.717, 1.165) is 12.8 Å². The number of pyridine rings is 1. The molecule has 4 heterocycles. The summed E-state index contributed by atoms with van der Waals surface area (Å²) in [6.07, 6.45) is 6.43. The normalized spacial score (nSPS) is 15.6. The predicted octanol–water partition coefficient (Wildman–Crippen LogP) is 2.74. The number of piperidine rings is 1. The van der Waals surface area contributed by atoms with E-state index in [9.17, 15) is 4.79 Å². The molecular formula is C17H16N4O3. The number of likely N-dealkylation sites (tertiary alicyclic amines) is 1. The quantitative estimate of drug-likeness (QED) is 0.736. The number of rotatable bonds is 3. The zero-order valence-electron chi connectivity index (χ0n) is 13.0. The lowest BCUT2D eigenvalue weighted by Crippen LogP contribution is -2.38. The molecule has 24 heavy (non-hydrogen) atoms. The first-order valence-electron chi connectivity index (χ1n) is 7.88. The fourth-order valence-electron chi connectivity index (χ4n) is 2.90. The highest BCUT2D eigenvalue weighted by molar-refractivity contribution is 5.93. The van der Waals surface area contributed by atoms with Gasteiger partial charge in [0.05, 0.1) is 11.8 Å². The molecule has 1 saturated heterocycles. The van der Waals surface area contributed by atoms with Crippen molar-refractivity contribution in [3.05, 3.63) is 54.4 Å². The van der Waals surface area contributed by atoms with Gasteiger partial charge in [-0.3, -0.25) is 9.78 Å². The summed E-state index contributed by atoms with van der Waals surface area (Å²) in [4.78, 5) is 18.3. The molecule has 4 rings (SSSR count). The number of carbonyl (C=O) groups excluding carboxylic acids is 1. The van der Waals surface area contributed by atoms with E-state index in [0.29, 0.717) is 36.2 Å². The fraction of sp³-hybridized carbons (Fsp3) is 0.294. The maximum absolute atomic E-state index is 12.4. The van der Waals surface area contributed by atoms with Crippen molar-refractivity contribution < 1.29 is 13.6 Å². The Hall–Kier alpha value is -2.96. The summed E-state index contributed by atoms with van der Waals surface area (Å²) >= 11 is 0. The average Bonchev–Trinajstić information content (AvgIpc) is 3.33. The molecule has 1 aliphatic heterocycles. The molecule has 1 amide bonds. The Morgan fingerprint density at radius 3 is 2.75 bits per heavy atom. The van der Waals surface area contributed by atoms with Gasteiger partial charge >= 0.3 is 0 Å². The lowest BCUT2D eigenvalue weighted by molar-refractivity contribution is 0.0706. The van der Waals surface area contributed by atoms with Crippen LogP contribution < -0.4 is 0 Å². The zero-order chi connectivity index (χ0) is 16.4. The number of carbonyl (C=O) groups is 1. The molecule has 1 fully saturated rings. The number of amides is 1. The second kappa shape index (κ2) is 6.27. The number of aromatic nitrogens is 3. The van der Waals surface area contributed by atoms with Gasteiger partial charge in [0, 0.05) is 31.4 Å². The Labute approximate surface area is 138 Å². The van der Waals surface area contributed by atoms with Crippen LogP contribution in [0.2, 0.25) is 0 Å². The summed E-state index contributed by atoms with van der Waals surface area (Å²) in [5, 5.41) is 8.17. The number of furan rings is 1. The first-order valence-corrected chi connectivity index (χ1v) is 7.88. The summed E-state index contributed by atoms with van der Waals surface area (Å²) < 4.78 is 11.0. The van der Waals surface area contributed by atoms with E-state index in [2.05, 4.69) is 15.2 Å². The first kappa shape index (κ1) is 14.6. The molecule has 0 N–H and O–H groups in total. The highest BCUT2D eigenvalue weighted by Gasteiger charge is 2.28. The fourth-order valence-corrected chi connectivity index (χ4v) is 2.90. The van der Waals surface area contributed by atoms with Gasteiger partial charge in [0.15, 0.2) is 5.76 Å². The van der Waals surface area contributed by atoms with Crippen molar-refractivity contribution in [1.29, 1.82) is 0 Å². The predicted molar refractivity (Wildman–Crippen MR) is 84.1 cm³/mol. The standard InChI is InChI=1S/C17H16N4O3/c22-17(13-3-1-7-18-11-13)21-8-5-12(6-9-21)15-19-20-16(24-15)14-4-2-10-23-14/h1-4,7,10-12H,5-6,8-9H2. The van der Waals surface area contributed by atoms with Crippen molar-refractivity contribution in [3.8, 4) is 11.7 Å². The largest absolute Gasteiger partial charge is 0.459 e. The Kier molecular flexibility index (Phi) is 3.82. The molecule has 0 spiro atoms. The van der Waals surface area contributed by atoms with Gasteiger partial charge in [0.1, 0.15) is 0 Å². The lowest BCUT2D eigenvalue weighted by Gasteiger charge is -2.30. The van der Waals surface area contributed by atoms with E-state index in [1.165, 1.54) is 0 Å². The van der Waals surface area contributed by atoms with Gasteiger partial charge < -0.3 is 13.7 Å². The van der Waals surface area contributed by atoms with Crippen LogP contribution in [0, 0.1) is 0 Å². The van der Waals surface area contributed by atoms with Crippen LogP contribution in [0.1, 0.15) is 35.0 Å². The summed E-state index contributed by atoms with van der Waals surface area (Å²) in [6.45, 7) is 1.33. The van der Waals surface area contributed by atoms with Crippen LogP contribution in [-0.4, -0.2) is 39.1 Å². The second-order valence-electron chi connectivity index (χ2n) is 5.73. The van der Waals surface area contributed by atoms with E-state index in [4.69, 9.17) is 8.83 Å². The molecule has 0 radical (unpaired) electrons. The van der Waals surface area contributed by atoms with Crippen LogP contribution >= 0.6 is 0 Å². The molecule has 1 aliphatic rings. The monoisotopic (exact) mass is 324 g/mol. The smallest absolute Gasteiger partial charge is 0.283 e. The molecule has 122 valence electrons. The molecular weight excluding hydrogens is 308 g/mol. The van der Waals surface area contributed by atoms with Crippen molar-refractivity contribution in [2.45, 2.75) is 18.8 Å². The van der Waals surface area contributed by atoms with Crippen LogP contribution in [0.5, 0.6) is 0 Å². The summed E-state index contributed by atoms with van der Waals surface area (Å²) in [6, 6.07) is 7.12. The van der Waals surface area contributed by atoms with Gasteiger partial charge in [0.25, 0.3) is 11.8 Å². The number of nitrogens with zero attached hydrogens (tertiary/aromatic N) is 4. The summed E-state index contributed by atoms with van der Waals surface area (Å²) in [5.74, 6) is 1.75. The minimum absolute atomic E-state index is 0.0170. The van der Waals surface area contributed by atoms with Crippen molar-refractivity contribution in [2.24, 2.45) is 0 Å². The molecule has 0 aromatic carbocycles. The second-order valence-corrected chi connectivity index (χ2v) is 5.73. The third kappa shape index (κ3) is 2.80. The summed E-state index contributed by atoms with van der Waals surface area (Å²) in [7, 11) is 0. The van der Waals surface area contributed by atoms with E-state index < -0.39 is 0 Å². The summed E-state index contributed by atoms with van der Waals surface area (Å²) in [5.41, 5.74) is 0.619. The zero-order valence-corrected chi connectivity index (χ0v) is 13.0.